The molecule has 0 spiro atoms. The van der Waals surface area contributed by atoms with Crippen LogP contribution in [0.15, 0.2) is 0 Å². The van der Waals surface area contributed by atoms with Crippen LogP contribution in [0.25, 0.3) is 0 Å². The number of piperidine rings is 1. The molecular formula is C8H15NO4. The number of hydrogen-bond donors (Lipinski definition) is 2. The summed E-state index contributed by atoms with van der Waals surface area (Å²) in [5.74, 6) is 0. The molecule has 1 aliphatic rings. The van der Waals surface area contributed by atoms with Crippen LogP contribution < -0.4 is 0 Å². The van der Waals surface area contributed by atoms with E-state index in [1.165, 1.54) is 12.0 Å². The second-order valence-electron chi connectivity index (χ2n) is 3.54. The molecule has 0 aromatic rings. The maximum absolute atomic E-state index is 11.0. The highest BCUT2D eigenvalue weighted by Crippen LogP contribution is 2.21. The monoisotopic (exact) mass is 189 g/mol. The lowest BCUT2D eigenvalue weighted by molar-refractivity contribution is -0.102. The molecule has 1 fully saturated rings. The average molecular weight is 189 g/mol. The van der Waals surface area contributed by atoms with Gasteiger partial charge in [0.15, 0.2) is 0 Å². The van der Waals surface area contributed by atoms with E-state index in [9.17, 15) is 15.0 Å². The number of aliphatic hydroxyl groups excluding tert-OH is 1. The minimum absolute atomic E-state index is 0.125. The van der Waals surface area contributed by atoms with Crippen LogP contribution in [-0.2, 0) is 4.74 Å². The van der Waals surface area contributed by atoms with Crippen molar-refractivity contribution in [3.8, 4) is 0 Å². The van der Waals surface area contributed by atoms with Crippen molar-refractivity contribution in [2.75, 3.05) is 20.2 Å². The summed E-state index contributed by atoms with van der Waals surface area (Å²) in [6, 6.07) is 0. The fourth-order valence-electron chi connectivity index (χ4n) is 1.32. The minimum Gasteiger partial charge on any atom is -0.453 e. The van der Waals surface area contributed by atoms with Gasteiger partial charge in [-0.25, -0.2) is 4.79 Å². The van der Waals surface area contributed by atoms with Gasteiger partial charge in [-0.2, -0.15) is 0 Å². The Morgan fingerprint density at radius 1 is 1.69 bits per heavy atom. The van der Waals surface area contributed by atoms with E-state index in [0.29, 0.717) is 13.0 Å². The maximum atomic E-state index is 11.0. The van der Waals surface area contributed by atoms with Crippen molar-refractivity contribution < 1.29 is 19.7 Å². The smallest absolute Gasteiger partial charge is 0.409 e. The third-order valence-corrected chi connectivity index (χ3v) is 2.43. The van der Waals surface area contributed by atoms with E-state index >= 15 is 0 Å². The standard InChI is InChI=1S/C8H15NO4/c1-8(12)3-4-9(5-6(8)10)7(11)13-2/h6,10,12H,3-5H2,1-2H3. The Kier molecular flexibility index (Phi) is 2.77. The number of rotatable bonds is 0. The van der Waals surface area contributed by atoms with Gasteiger partial charge in [-0.3, -0.25) is 0 Å². The summed E-state index contributed by atoms with van der Waals surface area (Å²) in [6.07, 6.45) is -1.00. The molecule has 0 radical (unpaired) electrons. The number of amides is 1. The molecule has 13 heavy (non-hydrogen) atoms. The zero-order valence-corrected chi connectivity index (χ0v) is 7.86. The van der Waals surface area contributed by atoms with Crippen molar-refractivity contribution in [2.45, 2.75) is 25.0 Å². The summed E-state index contributed by atoms with van der Waals surface area (Å²) in [6.45, 7) is 2.10. The van der Waals surface area contributed by atoms with E-state index in [2.05, 4.69) is 4.74 Å². The number of nitrogens with zero attached hydrogens (tertiary/aromatic N) is 1. The molecule has 2 unspecified atom stereocenters. The van der Waals surface area contributed by atoms with Crippen LogP contribution in [0.3, 0.4) is 0 Å². The molecule has 1 heterocycles. The zero-order valence-electron chi connectivity index (χ0n) is 7.86. The van der Waals surface area contributed by atoms with Crippen LogP contribution in [0.1, 0.15) is 13.3 Å². The fraction of sp³-hybridized carbons (Fsp3) is 0.875. The average Bonchev–Trinajstić information content (AvgIpc) is 2.08. The second-order valence-corrected chi connectivity index (χ2v) is 3.54. The number of methoxy groups -OCH3 is 1. The third-order valence-electron chi connectivity index (χ3n) is 2.43. The molecule has 2 atom stereocenters. The first kappa shape index (κ1) is 10.3. The molecule has 1 aliphatic heterocycles. The quantitative estimate of drug-likeness (QED) is 0.542. The number of aliphatic hydroxyl groups is 2. The van der Waals surface area contributed by atoms with Gasteiger partial charge in [0.25, 0.3) is 0 Å². The largest absolute Gasteiger partial charge is 0.453 e. The van der Waals surface area contributed by atoms with E-state index in [1.54, 1.807) is 6.92 Å². The fourth-order valence-corrected chi connectivity index (χ4v) is 1.32. The van der Waals surface area contributed by atoms with Crippen LogP contribution in [0.4, 0.5) is 4.79 Å². The Morgan fingerprint density at radius 2 is 2.31 bits per heavy atom. The van der Waals surface area contributed by atoms with Gasteiger partial charge in [-0.1, -0.05) is 0 Å². The summed E-state index contributed by atoms with van der Waals surface area (Å²) in [5, 5.41) is 19.0. The van der Waals surface area contributed by atoms with Gasteiger partial charge >= 0.3 is 6.09 Å². The van der Waals surface area contributed by atoms with Crippen LogP contribution in [0.5, 0.6) is 0 Å². The molecule has 5 heteroatoms. The molecule has 2 N–H and O–H groups in total. The lowest BCUT2D eigenvalue weighted by Crippen LogP contribution is -2.55. The zero-order chi connectivity index (χ0) is 10.1. The molecule has 5 nitrogen and oxygen atoms in total. The number of carbonyl (C=O) groups excluding carboxylic acids is 1. The van der Waals surface area contributed by atoms with Crippen molar-refractivity contribution >= 4 is 6.09 Å². The normalized spacial score (nSPS) is 34.5. The topological polar surface area (TPSA) is 70.0 Å². The summed E-state index contributed by atoms with van der Waals surface area (Å²) >= 11 is 0. The van der Waals surface area contributed by atoms with Crippen molar-refractivity contribution in [3.05, 3.63) is 0 Å². The molecule has 0 saturated carbocycles. The molecule has 1 rings (SSSR count). The van der Waals surface area contributed by atoms with E-state index in [1.807, 2.05) is 0 Å². The van der Waals surface area contributed by atoms with E-state index in [-0.39, 0.29) is 6.54 Å². The van der Waals surface area contributed by atoms with Gasteiger partial charge in [-0.15, -0.1) is 0 Å². The molecular weight excluding hydrogens is 174 g/mol. The predicted molar refractivity (Wildman–Crippen MR) is 45.2 cm³/mol. The first-order valence-electron chi connectivity index (χ1n) is 4.20. The Hall–Kier alpha value is -0.810. The molecule has 0 aliphatic carbocycles. The number of likely N-dealkylation sites (tertiary alicyclic amines) is 1. The highest BCUT2D eigenvalue weighted by Gasteiger charge is 2.38. The number of ether oxygens (including phenoxy) is 1. The summed E-state index contributed by atoms with van der Waals surface area (Å²) in [4.78, 5) is 12.4. The van der Waals surface area contributed by atoms with Crippen LogP contribution in [-0.4, -0.2) is 53.1 Å². The third kappa shape index (κ3) is 2.10. The minimum atomic E-state index is -1.09. The van der Waals surface area contributed by atoms with Crippen LogP contribution in [0, 0.1) is 0 Å². The molecule has 0 aromatic heterocycles. The van der Waals surface area contributed by atoms with Crippen LogP contribution >= 0.6 is 0 Å². The molecule has 0 bridgehead atoms. The molecule has 76 valence electrons. The Labute approximate surface area is 76.9 Å². The molecule has 0 aromatic carbocycles. The summed E-state index contributed by atoms with van der Waals surface area (Å²) < 4.78 is 4.50. The maximum Gasteiger partial charge on any atom is 0.409 e. The van der Waals surface area contributed by atoms with Gasteiger partial charge in [0.2, 0.25) is 0 Å². The van der Waals surface area contributed by atoms with Crippen LogP contribution in [0.2, 0.25) is 0 Å². The van der Waals surface area contributed by atoms with Crippen molar-refractivity contribution in [2.24, 2.45) is 0 Å². The van der Waals surface area contributed by atoms with Gasteiger partial charge in [0.05, 0.1) is 19.3 Å². The van der Waals surface area contributed by atoms with Gasteiger partial charge in [0, 0.05) is 6.54 Å². The number of hydrogen-bond acceptors (Lipinski definition) is 4. The SMILES string of the molecule is COC(=O)N1CCC(C)(O)C(O)C1. The Bertz CT molecular complexity index is 204. The van der Waals surface area contributed by atoms with Gasteiger partial charge in [0.1, 0.15) is 6.10 Å². The van der Waals surface area contributed by atoms with E-state index < -0.39 is 17.8 Å². The lowest BCUT2D eigenvalue weighted by Gasteiger charge is -2.39. The number of β-amino-alcohol motifs (C(OH)–C–C–N with tert-alkyl or cyclic N) is 1. The molecule has 1 amide bonds. The van der Waals surface area contributed by atoms with E-state index in [0.717, 1.165) is 0 Å². The number of carbonyl (C=O) groups is 1. The van der Waals surface area contributed by atoms with Gasteiger partial charge < -0.3 is 19.8 Å². The summed E-state index contributed by atoms with van der Waals surface area (Å²) in [7, 11) is 1.29. The van der Waals surface area contributed by atoms with Crippen molar-refractivity contribution in [3.63, 3.8) is 0 Å². The highest BCUT2D eigenvalue weighted by molar-refractivity contribution is 5.67. The summed E-state index contributed by atoms with van der Waals surface area (Å²) in [5.41, 5.74) is -1.09. The highest BCUT2D eigenvalue weighted by atomic mass is 16.5. The first-order chi connectivity index (χ1) is 5.97. The van der Waals surface area contributed by atoms with Crippen molar-refractivity contribution in [1.82, 2.24) is 4.90 Å². The predicted octanol–water partition coefficient (Wildman–Crippen LogP) is -0.430. The lowest BCUT2D eigenvalue weighted by atomic mass is 9.91. The van der Waals surface area contributed by atoms with Gasteiger partial charge in [-0.05, 0) is 13.3 Å². The Morgan fingerprint density at radius 3 is 2.77 bits per heavy atom. The van der Waals surface area contributed by atoms with Crippen molar-refractivity contribution in [1.29, 1.82) is 0 Å². The second kappa shape index (κ2) is 3.51. The van der Waals surface area contributed by atoms with E-state index in [4.69, 9.17) is 0 Å². The molecule has 1 saturated heterocycles. The first-order valence-corrected chi connectivity index (χ1v) is 4.20. The Balaban J connectivity index is 2.56.